The number of nitrogens with zero attached hydrogens (tertiary/aromatic N) is 4. The monoisotopic (exact) mass is 304 g/mol. The molecular weight excluding hydrogens is 284 g/mol. The van der Waals surface area contributed by atoms with Crippen LogP contribution in [0.25, 0.3) is 0 Å². The standard InChI is InChI=1S/C15H20N4O3/c1-4-18(12-7-5-6-8-13(12)22-3)14(20)9-10-19-15(21)17(2)11-16-19/h5-8,11H,4,9-10H2,1-3H3. The number of para-hydroxylation sites is 2. The van der Waals surface area contributed by atoms with Crippen LogP contribution in [-0.2, 0) is 18.4 Å². The number of anilines is 1. The number of carbonyl (C=O) groups is 1. The second kappa shape index (κ2) is 6.93. The summed E-state index contributed by atoms with van der Waals surface area (Å²) >= 11 is 0. The van der Waals surface area contributed by atoms with Gasteiger partial charge in [0.05, 0.1) is 19.3 Å². The minimum atomic E-state index is -0.229. The van der Waals surface area contributed by atoms with Crippen LogP contribution in [0.5, 0.6) is 5.75 Å². The topological polar surface area (TPSA) is 69.4 Å². The van der Waals surface area contributed by atoms with Gasteiger partial charge >= 0.3 is 5.69 Å². The number of methoxy groups -OCH3 is 1. The van der Waals surface area contributed by atoms with Crippen molar-refractivity contribution < 1.29 is 9.53 Å². The highest BCUT2D eigenvalue weighted by atomic mass is 16.5. The number of ether oxygens (including phenoxy) is 1. The second-order valence-electron chi connectivity index (χ2n) is 4.81. The first kappa shape index (κ1) is 15.8. The molecule has 0 fully saturated rings. The largest absolute Gasteiger partial charge is 0.495 e. The van der Waals surface area contributed by atoms with Crippen molar-refractivity contribution in [3.8, 4) is 5.75 Å². The molecule has 0 aliphatic rings. The van der Waals surface area contributed by atoms with E-state index in [1.165, 1.54) is 15.6 Å². The summed E-state index contributed by atoms with van der Waals surface area (Å²) in [5, 5.41) is 3.95. The summed E-state index contributed by atoms with van der Waals surface area (Å²) in [6.45, 7) is 2.68. The number of carbonyl (C=O) groups excluding carboxylic acids is 1. The number of hydrogen-bond donors (Lipinski definition) is 0. The van der Waals surface area contributed by atoms with Gasteiger partial charge in [-0.25, -0.2) is 9.48 Å². The Hall–Kier alpha value is -2.57. The molecule has 2 rings (SSSR count). The van der Waals surface area contributed by atoms with Gasteiger partial charge in [-0.05, 0) is 19.1 Å². The van der Waals surface area contributed by atoms with E-state index in [-0.39, 0.29) is 24.6 Å². The summed E-state index contributed by atoms with van der Waals surface area (Å²) in [6.07, 6.45) is 1.63. The molecule has 1 aromatic carbocycles. The van der Waals surface area contributed by atoms with E-state index in [4.69, 9.17) is 4.74 Å². The van der Waals surface area contributed by atoms with Crippen molar-refractivity contribution in [2.75, 3.05) is 18.6 Å². The Morgan fingerprint density at radius 2 is 2.09 bits per heavy atom. The van der Waals surface area contributed by atoms with E-state index < -0.39 is 0 Å². The zero-order chi connectivity index (χ0) is 16.1. The summed E-state index contributed by atoms with van der Waals surface area (Å²) in [6, 6.07) is 7.37. The van der Waals surface area contributed by atoms with Gasteiger partial charge in [0.1, 0.15) is 12.1 Å². The fourth-order valence-electron chi connectivity index (χ4n) is 2.24. The number of benzene rings is 1. The minimum Gasteiger partial charge on any atom is -0.495 e. The second-order valence-corrected chi connectivity index (χ2v) is 4.81. The fourth-order valence-corrected chi connectivity index (χ4v) is 2.24. The highest BCUT2D eigenvalue weighted by molar-refractivity contribution is 5.94. The molecule has 7 heteroatoms. The molecule has 0 atom stereocenters. The van der Waals surface area contributed by atoms with E-state index in [0.29, 0.717) is 12.3 Å². The number of hydrogen-bond acceptors (Lipinski definition) is 4. The highest BCUT2D eigenvalue weighted by Gasteiger charge is 2.17. The van der Waals surface area contributed by atoms with E-state index in [2.05, 4.69) is 5.10 Å². The Bertz CT molecular complexity index is 705. The van der Waals surface area contributed by atoms with E-state index >= 15 is 0 Å². The molecule has 1 aromatic heterocycles. The molecule has 0 saturated carbocycles. The molecule has 0 saturated heterocycles. The average Bonchev–Trinajstić information content (AvgIpc) is 2.86. The predicted octanol–water partition coefficient (Wildman–Crippen LogP) is 1.03. The van der Waals surface area contributed by atoms with Crippen molar-refractivity contribution in [1.29, 1.82) is 0 Å². The van der Waals surface area contributed by atoms with E-state index in [1.807, 2.05) is 31.2 Å². The van der Waals surface area contributed by atoms with E-state index in [0.717, 1.165) is 5.69 Å². The molecule has 2 aromatic rings. The zero-order valence-corrected chi connectivity index (χ0v) is 13.0. The molecule has 1 amide bonds. The molecule has 7 nitrogen and oxygen atoms in total. The van der Waals surface area contributed by atoms with Crippen LogP contribution in [-0.4, -0.2) is 33.9 Å². The maximum absolute atomic E-state index is 12.5. The Morgan fingerprint density at radius 3 is 2.68 bits per heavy atom. The summed E-state index contributed by atoms with van der Waals surface area (Å²) in [7, 11) is 3.20. The summed E-state index contributed by atoms with van der Waals surface area (Å²) in [5.74, 6) is 0.567. The molecule has 118 valence electrons. The molecule has 0 unspecified atom stereocenters. The first-order chi connectivity index (χ1) is 10.6. The first-order valence-corrected chi connectivity index (χ1v) is 7.10. The Kier molecular flexibility index (Phi) is 4.98. The minimum absolute atomic E-state index is 0.0791. The van der Waals surface area contributed by atoms with Crippen LogP contribution in [0.2, 0.25) is 0 Å². The molecule has 0 aliphatic heterocycles. The van der Waals surface area contributed by atoms with Gasteiger partial charge in [-0.3, -0.25) is 9.36 Å². The third kappa shape index (κ3) is 3.19. The van der Waals surface area contributed by atoms with Crippen molar-refractivity contribution in [2.45, 2.75) is 19.9 Å². The molecule has 22 heavy (non-hydrogen) atoms. The molecule has 0 aliphatic carbocycles. The Morgan fingerprint density at radius 1 is 1.36 bits per heavy atom. The molecule has 1 heterocycles. The van der Waals surface area contributed by atoms with Gasteiger partial charge < -0.3 is 9.64 Å². The molecule has 0 spiro atoms. The van der Waals surface area contributed by atoms with Crippen LogP contribution < -0.4 is 15.3 Å². The smallest absolute Gasteiger partial charge is 0.345 e. The van der Waals surface area contributed by atoms with Crippen LogP contribution >= 0.6 is 0 Å². The zero-order valence-electron chi connectivity index (χ0n) is 13.0. The van der Waals surface area contributed by atoms with Gasteiger partial charge in [-0.15, -0.1) is 0 Å². The first-order valence-electron chi connectivity index (χ1n) is 7.10. The number of aromatic nitrogens is 3. The van der Waals surface area contributed by atoms with Gasteiger partial charge in [-0.2, -0.15) is 5.10 Å². The highest BCUT2D eigenvalue weighted by Crippen LogP contribution is 2.27. The summed E-state index contributed by atoms with van der Waals surface area (Å²) in [5.41, 5.74) is 0.499. The van der Waals surface area contributed by atoms with Gasteiger partial charge in [0.25, 0.3) is 0 Å². The molecular formula is C15H20N4O3. The lowest BCUT2D eigenvalue weighted by molar-refractivity contribution is -0.118. The van der Waals surface area contributed by atoms with Crippen LogP contribution in [0.3, 0.4) is 0 Å². The predicted molar refractivity (Wildman–Crippen MR) is 83.1 cm³/mol. The molecule has 0 bridgehead atoms. The molecule has 0 N–H and O–H groups in total. The van der Waals surface area contributed by atoms with Crippen molar-refractivity contribution >= 4 is 11.6 Å². The lowest BCUT2D eigenvalue weighted by atomic mass is 10.2. The van der Waals surface area contributed by atoms with Gasteiger partial charge in [0.15, 0.2) is 0 Å². The maximum Gasteiger partial charge on any atom is 0.345 e. The average molecular weight is 304 g/mol. The van der Waals surface area contributed by atoms with Crippen LogP contribution in [0.1, 0.15) is 13.3 Å². The van der Waals surface area contributed by atoms with Gasteiger partial charge in [0.2, 0.25) is 5.91 Å². The third-order valence-electron chi connectivity index (χ3n) is 3.42. The van der Waals surface area contributed by atoms with Crippen molar-refractivity contribution in [1.82, 2.24) is 14.3 Å². The lowest BCUT2D eigenvalue weighted by Crippen LogP contribution is -2.33. The Balaban J connectivity index is 2.12. The fraction of sp³-hybridized carbons (Fsp3) is 0.400. The third-order valence-corrected chi connectivity index (χ3v) is 3.42. The van der Waals surface area contributed by atoms with Gasteiger partial charge in [-0.1, -0.05) is 12.1 Å². The number of aryl methyl sites for hydroxylation is 2. The van der Waals surface area contributed by atoms with E-state index in [9.17, 15) is 9.59 Å². The van der Waals surface area contributed by atoms with Crippen LogP contribution in [0, 0.1) is 0 Å². The van der Waals surface area contributed by atoms with E-state index in [1.54, 1.807) is 19.1 Å². The summed E-state index contributed by atoms with van der Waals surface area (Å²) in [4.78, 5) is 25.8. The van der Waals surface area contributed by atoms with Crippen LogP contribution in [0.15, 0.2) is 35.4 Å². The van der Waals surface area contributed by atoms with Crippen molar-refractivity contribution in [3.63, 3.8) is 0 Å². The van der Waals surface area contributed by atoms with Crippen molar-refractivity contribution in [2.24, 2.45) is 7.05 Å². The number of rotatable bonds is 6. The molecule has 0 radical (unpaired) electrons. The SMILES string of the molecule is CCN(C(=O)CCn1ncn(C)c1=O)c1ccccc1OC. The number of amides is 1. The Labute approximate surface area is 128 Å². The normalized spacial score (nSPS) is 10.5. The van der Waals surface area contributed by atoms with Gasteiger partial charge in [0, 0.05) is 20.0 Å². The maximum atomic E-state index is 12.5. The van der Waals surface area contributed by atoms with Crippen LogP contribution in [0.4, 0.5) is 5.69 Å². The lowest BCUT2D eigenvalue weighted by Gasteiger charge is -2.23. The quantitative estimate of drug-likeness (QED) is 0.799. The summed E-state index contributed by atoms with van der Waals surface area (Å²) < 4.78 is 7.96. The van der Waals surface area contributed by atoms with Crippen molar-refractivity contribution in [3.05, 3.63) is 41.1 Å².